The van der Waals surface area contributed by atoms with Crippen LogP contribution < -0.4 is 10.9 Å². The highest BCUT2D eigenvalue weighted by Gasteiger charge is 2.41. The molecule has 0 spiro atoms. The Kier molecular flexibility index (Phi) is 3.41. The lowest BCUT2D eigenvalue weighted by Gasteiger charge is -2.20. The van der Waals surface area contributed by atoms with E-state index in [0.29, 0.717) is 10.5 Å². The van der Waals surface area contributed by atoms with Crippen LogP contribution in [0.1, 0.15) is 45.6 Å². The van der Waals surface area contributed by atoms with Gasteiger partial charge in [0, 0.05) is 6.04 Å². The van der Waals surface area contributed by atoms with Crippen molar-refractivity contribution in [1.29, 1.82) is 0 Å². The lowest BCUT2D eigenvalue weighted by atomic mass is 10.1. The monoisotopic (exact) mass is 325 g/mol. The maximum Gasteiger partial charge on any atom is 0.283 e. The number of hydrogen-bond donors (Lipinski definition) is 1. The minimum absolute atomic E-state index is 0.0506. The molecular weight excluding hydrogens is 306 g/mol. The summed E-state index contributed by atoms with van der Waals surface area (Å²) in [6, 6.07) is 0.618. The second-order valence-electron chi connectivity index (χ2n) is 6.06. The highest BCUT2D eigenvalue weighted by Crippen LogP contribution is 2.46. The minimum Gasteiger partial charge on any atom is -0.379 e. The standard InChI is InChI=1S/C14H20BrN3O/c1-8(2)18-14(19)12(15)11(7-16-18)17-13(9-3-4-9)10-5-6-10/h7-10,13,17H,3-6H2,1-2H3. The van der Waals surface area contributed by atoms with Crippen LogP contribution in [-0.2, 0) is 0 Å². The molecule has 2 aliphatic carbocycles. The van der Waals surface area contributed by atoms with Crippen molar-refractivity contribution >= 4 is 21.6 Å². The Balaban J connectivity index is 1.84. The van der Waals surface area contributed by atoms with Gasteiger partial charge in [-0.1, -0.05) is 0 Å². The Bertz CT molecular complexity index is 520. The molecule has 2 saturated carbocycles. The lowest BCUT2D eigenvalue weighted by Crippen LogP contribution is -2.29. The first-order valence-corrected chi connectivity index (χ1v) is 7.91. The molecule has 0 unspecified atom stereocenters. The Labute approximate surface area is 121 Å². The van der Waals surface area contributed by atoms with Crippen LogP contribution in [-0.4, -0.2) is 15.8 Å². The molecule has 104 valence electrons. The molecule has 0 bridgehead atoms. The zero-order valence-corrected chi connectivity index (χ0v) is 13.0. The fourth-order valence-electron chi connectivity index (χ4n) is 2.62. The second-order valence-corrected chi connectivity index (χ2v) is 6.85. The third kappa shape index (κ3) is 2.71. The van der Waals surface area contributed by atoms with Crippen LogP contribution in [0.15, 0.2) is 15.5 Å². The van der Waals surface area contributed by atoms with E-state index in [1.54, 1.807) is 6.20 Å². The van der Waals surface area contributed by atoms with Crippen molar-refractivity contribution in [2.24, 2.45) is 11.8 Å². The Hall–Kier alpha value is -0.840. The molecule has 0 atom stereocenters. The molecule has 5 heteroatoms. The fourth-order valence-corrected chi connectivity index (χ4v) is 3.02. The molecule has 1 heterocycles. The number of nitrogens with zero attached hydrogens (tertiary/aromatic N) is 2. The second kappa shape index (κ2) is 4.93. The van der Waals surface area contributed by atoms with Gasteiger partial charge in [-0.3, -0.25) is 4.79 Å². The van der Waals surface area contributed by atoms with Crippen molar-refractivity contribution in [1.82, 2.24) is 9.78 Å². The van der Waals surface area contributed by atoms with Crippen LogP contribution in [0.2, 0.25) is 0 Å². The number of rotatable bonds is 5. The van der Waals surface area contributed by atoms with Gasteiger partial charge < -0.3 is 5.32 Å². The average Bonchev–Trinajstić information content (AvgIpc) is 3.24. The molecule has 1 aromatic heterocycles. The Morgan fingerprint density at radius 2 is 1.89 bits per heavy atom. The topological polar surface area (TPSA) is 46.9 Å². The smallest absolute Gasteiger partial charge is 0.283 e. The van der Waals surface area contributed by atoms with Gasteiger partial charge in [0.15, 0.2) is 0 Å². The molecule has 0 amide bonds. The maximum atomic E-state index is 12.2. The van der Waals surface area contributed by atoms with E-state index in [1.165, 1.54) is 30.4 Å². The normalized spacial score (nSPS) is 19.2. The summed E-state index contributed by atoms with van der Waals surface area (Å²) < 4.78 is 2.13. The molecule has 2 aliphatic rings. The van der Waals surface area contributed by atoms with Crippen molar-refractivity contribution in [3.05, 3.63) is 21.0 Å². The van der Waals surface area contributed by atoms with Crippen LogP contribution in [0.4, 0.5) is 5.69 Å². The van der Waals surface area contributed by atoms with Gasteiger partial charge in [-0.05, 0) is 67.3 Å². The van der Waals surface area contributed by atoms with E-state index in [9.17, 15) is 4.79 Å². The number of hydrogen-bond acceptors (Lipinski definition) is 3. The van der Waals surface area contributed by atoms with Gasteiger partial charge in [0.2, 0.25) is 0 Å². The van der Waals surface area contributed by atoms with Crippen LogP contribution in [0.3, 0.4) is 0 Å². The first kappa shape index (κ1) is 13.2. The zero-order valence-electron chi connectivity index (χ0n) is 11.4. The molecule has 2 fully saturated rings. The summed E-state index contributed by atoms with van der Waals surface area (Å²) >= 11 is 3.43. The largest absolute Gasteiger partial charge is 0.379 e. The zero-order chi connectivity index (χ0) is 13.6. The molecule has 0 aromatic carbocycles. The van der Waals surface area contributed by atoms with Crippen molar-refractivity contribution in [2.45, 2.75) is 51.6 Å². The summed E-state index contributed by atoms with van der Waals surface area (Å²) in [6.07, 6.45) is 7.07. The van der Waals surface area contributed by atoms with Gasteiger partial charge in [-0.2, -0.15) is 5.10 Å². The van der Waals surface area contributed by atoms with Crippen molar-refractivity contribution in [3.63, 3.8) is 0 Å². The van der Waals surface area contributed by atoms with Gasteiger partial charge in [-0.25, -0.2) is 4.68 Å². The number of halogens is 1. The fraction of sp³-hybridized carbons (Fsp3) is 0.714. The van der Waals surface area contributed by atoms with Crippen LogP contribution in [0.5, 0.6) is 0 Å². The Morgan fingerprint density at radius 1 is 1.32 bits per heavy atom. The van der Waals surface area contributed by atoms with E-state index >= 15 is 0 Å². The number of nitrogens with one attached hydrogen (secondary N) is 1. The highest BCUT2D eigenvalue weighted by molar-refractivity contribution is 9.10. The first-order chi connectivity index (χ1) is 9.08. The van der Waals surface area contributed by atoms with E-state index in [4.69, 9.17) is 0 Å². The quantitative estimate of drug-likeness (QED) is 0.904. The van der Waals surface area contributed by atoms with Crippen molar-refractivity contribution < 1.29 is 0 Å². The molecule has 0 radical (unpaired) electrons. The molecular formula is C14H20BrN3O. The molecule has 0 aliphatic heterocycles. The highest BCUT2D eigenvalue weighted by atomic mass is 79.9. The molecule has 1 aromatic rings. The van der Waals surface area contributed by atoms with Gasteiger partial charge in [0.05, 0.1) is 17.9 Å². The minimum atomic E-state index is -0.0506. The third-order valence-corrected chi connectivity index (χ3v) is 4.78. The first-order valence-electron chi connectivity index (χ1n) is 7.11. The molecule has 1 N–H and O–H groups in total. The third-order valence-electron chi connectivity index (χ3n) is 4.01. The van der Waals surface area contributed by atoms with Crippen LogP contribution in [0.25, 0.3) is 0 Å². The molecule has 19 heavy (non-hydrogen) atoms. The summed E-state index contributed by atoms with van der Waals surface area (Å²) in [6.45, 7) is 3.93. The molecule has 0 saturated heterocycles. The van der Waals surface area contributed by atoms with E-state index in [0.717, 1.165) is 17.5 Å². The number of anilines is 1. The summed E-state index contributed by atoms with van der Waals surface area (Å²) in [5.74, 6) is 1.60. The van der Waals surface area contributed by atoms with E-state index in [1.807, 2.05) is 13.8 Å². The van der Waals surface area contributed by atoms with E-state index in [-0.39, 0.29) is 11.6 Å². The van der Waals surface area contributed by atoms with Crippen molar-refractivity contribution in [3.8, 4) is 0 Å². The summed E-state index contributed by atoms with van der Waals surface area (Å²) in [7, 11) is 0. The van der Waals surface area contributed by atoms with E-state index in [2.05, 4.69) is 26.3 Å². The molecule has 3 rings (SSSR count). The lowest BCUT2D eigenvalue weighted by molar-refractivity contribution is 0.499. The van der Waals surface area contributed by atoms with Crippen molar-refractivity contribution in [2.75, 3.05) is 5.32 Å². The Morgan fingerprint density at radius 3 is 2.37 bits per heavy atom. The maximum absolute atomic E-state index is 12.2. The SMILES string of the molecule is CC(C)n1ncc(NC(C2CC2)C2CC2)c(Br)c1=O. The van der Waals surface area contributed by atoms with Gasteiger partial charge in [0.25, 0.3) is 5.56 Å². The summed E-state index contributed by atoms with van der Waals surface area (Å²) in [4.78, 5) is 12.2. The van der Waals surface area contributed by atoms with Crippen LogP contribution in [0, 0.1) is 11.8 Å². The van der Waals surface area contributed by atoms with Crippen LogP contribution >= 0.6 is 15.9 Å². The average molecular weight is 326 g/mol. The van der Waals surface area contributed by atoms with E-state index < -0.39 is 0 Å². The molecule has 4 nitrogen and oxygen atoms in total. The summed E-state index contributed by atoms with van der Waals surface area (Å²) in [5, 5.41) is 7.82. The predicted octanol–water partition coefficient (Wildman–Crippen LogP) is 3.19. The van der Waals surface area contributed by atoms with Gasteiger partial charge >= 0.3 is 0 Å². The van der Waals surface area contributed by atoms with Gasteiger partial charge in [0.1, 0.15) is 4.47 Å². The number of aromatic nitrogens is 2. The predicted molar refractivity (Wildman–Crippen MR) is 79.4 cm³/mol. The summed E-state index contributed by atoms with van der Waals surface area (Å²) in [5.41, 5.74) is 0.802. The van der Waals surface area contributed by atoms with Gasteiger partial charge in [-0.15, -0.1) is 0 Å².